The van der Waals surface area contributed by atoms with Crippen molar-refractivity contribution in [2.24, 2.45) is 0 Å². The predicted octanol–water partition coefficient (Wildman–Crippen LogP) is 2.57. The van der Waals surface area contributed by atoms with Gasteiger partial charge in [-0.1, -0.05) is 24.3 Å². The first-order chi connectivity index (χ1) is 11.3. The summed E-state index contributed by atoms with van der Waals surface area (Å²) in [7, 11) is -4.00. The number of nitro benzene ring substituents is 1. The van der Waals surface area contributed by atoms with Gasteiger partial charge >= 0.3 is 0 Å². The SMILES string of the molecule is Cc1cccc(OCCNS(=O)(=O)c2c(C)cccc2[N+](=O)[O-])c1. The Morgan fingerprint density at radius 1 is 1.17 bits per heavy atom. The van der Waals surface area contributed by atoms with Crippen molar-refractivity contribution < 1.29 is 18.1 Å². The molecule has 0 aliphatic carbocycles. The Morgan fingerprint density at radius 2 is 1.88 bits per heavy atom. The number of hydrogen-bond donors (Lipinski definition) is 1. The fourth-order valence-corrected chi connectivity index (χ4v) is 3.66. The molecule has 0 aliphatic rings. The minimum atomic E-state index is -4.00. The number of nitrogens with zero attached hydrogens (tertiary/aromatic N) is 1. The third-order valence-corrected chi connectivity index (χ3v) is 4.96. The molecule has 0 fully saturated rings. The average Bonchev–Trinajstić information content (AvgIpc) is 2.51. The first-order valence-corrected chi connectivity index (χ1v) is 8.73. The van der Waals surface area contributed by atoms with Crippen molar-refractivity contribution in [2.45, 2.75) is 18.7 Å². The van der Waals surface area contributed by atoms with Gasteiger partial charge in [-0.15, -0.1) is 0 Å². The molecule has 0 aromatic heterocycles. The average molecular weight is 350 g/mol. The molecule has 0 spiro atoms. The van der Waals surface area contributed by atoms with Crippen LogP contribution in [0.3, 0.4) is 0 Å². The van der Waals surface area contributed by atoms with Gasteiger partial charge in [0.25, 0.3) is 5.69 Å². The van der Waals surface area contributed by atoms with Gasteiger partial charge in [0.2, 0.25) is 10.0 Å². The van der Waals surface area contributed by atoms with Crippen LogP contribution in [0.5, 0.6) is 5.75 Å². The molecule has 0 saturated heterocycles. The summed E-state index contributed by atoms with van der Waals surface area (Å²) in [5.74, 6) is 0.635. The van der Waals surface area contributed by atoms with Gasteiger partial charge in [0.15, 0.2) is 4.90 Å². The molecule has 128 valence electrons. The van der Waals surface area contributed by atoms with Crippen LogP contribution in [0.2, 0.25) is 0 Å². The largest absolute Gasteiger partial charge is 0.492 e. The van der Waals surface area contributed by atoms with Crippen LogP contribution in [-0.4, -0.2) is 26.5 Å². The summed E-state index contributed by atoms with van der Waals surface area (Å²) >= 11 is 0. The summed E-state index contributed by atoms with van der Waals surface area (Å²) in [6.45, 7) is 3.56. The van der Waals surface area contributed by atoms with Crippen LogP contribution in [0.4, 0.5) is 5.69 Å². The molecule has 0 aliphatic heterocycles. The number of hydrogen-bond acceptors (Lipinski definition) is 5. The van der Waals surface area contributed by atoms with Crippen LogP contribution < -0.4 is 9.46 Å². The van der Waals surface area contributed by atoms with Gasteiger partial charge in [-0.2, -0.15) is 0 Å². The molecule has 0 atom stereocenters. The van der Waals surface area contributed by atoms with Crippen molar-refractivity contribution in [3.05, 3.63) is 63.7 Å². The lowest BCUT2D eigenvalue weighted by atomic mass is 10.2. The van der Waals surface area contributed by atoms with Crippen molar-refractivity contribution in [3.8, 4) is 5.75 Å². The van der Waals surface area contributed by atoms with E-state index in [9.17, 15) is 18.5 Å². The predicted molar refractivity (Wildman–Crippen MR) is 89.7 cm³/mol. The maximum Gasteiger partial charge on any atom is 0.289 e. The number of nitrogens with one attached hydrogen (secondary N) is 1. The zero-order valence-corrected chi connectivity index (χ0v) is 14.2. The molecule has 0 bridgehead atoms. The van der Waals surface area contributed by atoms with Crippen molar-refractivity contribution in [1.82, 2.24) is 4.72 Å². The summed E-state index contributed by atoms with van der Waals surface area (Å²) in [5.41, 5.74) is 0.905. The molecule has 2 aromatic carbocycles. The second-order valence-corrected chi connectivity index (χ2v) is 6.95. The molecular formula is C16H18N2O5S. The summed E-state index contributed by atoms with van der Waals surface area (Å²) < 4.78 is 32.5. The number of rotatable bonds is 7. The topological polar surface area (TPSA) is 98.5 Å². The maximum absolute atomic E-state index is 12.4. The second kappa shape index (κ2) is 7.41. The maximum atomic E-state index is 12.4. The zero-order valence-electron chi connectivity index (χ0n) is 13.4. The molecule has 8 heteroatoms. The Balaban J connectivity index is 2.06. The normalized spacial score (nSPS) is 11.2. The van der Waals surface area contributed by atoms with Crippen molar-refractivity contribution in [1.29, 1.82) is 0 Å². The lowest BCUT2D eigenvalue weighted by molar-refractivity contribution is -0.387. The van der Waals surface area contributed by atoms with Crippen molar-refractivity contribution in [3.63, 3.8) is 0 Å². The van der Waals surface area contributed by atoms with E-state index >= 15 is 0 Å². The Morgan fingerprint density at radius 3 is 2.54 bits per heavy atom. The van der Waals surface area contributed by atoms with Crippen LogP contribution in [0.15, 0.2) is 47.4 Å². The highest BCUT2D eigenvalue weighted by atomic mass is 32.2. The molecule has 0 amide bonds. The van der Waals surface area contributed by atoms with E-state index in [-0.39, 0.29) is 18.0 Å². The molecule has 7 nitrogen and oxygen atoms in total. The van der Waals surface area contributed by atoms with Crippen LogP contribution in [0.25, 0.3) is 0 Å². The van der Waals surface area contributed by atoms with Crippen LogP contribution >= 0.6 is 0 Å². The van der Waals surface area contributed by atoms with Gasteiger partial charge in [-0.05, 0) is 37.1 Å². The first-order valence-electron chi connectivity index (χ1n) is 7.24. The minimum Gasteiger partial charge on any atom is -0.492 e. The molecule has 24 heavy (non-hydrogen) atoms. The van der Waals surface area contributed by atoms with E-state index in [0.29, 0.717) is 11.3 Å². The summed E-state index contributed by atoms with van der Waals surface area (Å²) in [6, 6.07) is 11.5. The van der Waals surface area contributed by atoms with E-state index in [4.69, 9.17) is 4.74 Å². The van der Waals surface area contributed by atoms with Crippen molar-refractivity contribution in [2.75, 3.05) is 13.2 Å². The Labute approximate surface area is 140 Å². The van der Waals surface area contributed by atoms with E-state index in [1.165, 1.54) is 25.1 Å². The lowest BCUT2D eigenvalue weighted by Gasteiger charge is -2.11. The van der Waals surface area contributed by atoms with E-state index < -0.39 is 20.6 Å². The number of sulfonamides is 1. The minimum absolute atomic E-state index is 0.00175. The molecule has 2 aromatic rings. The van der Waals surface area contributed by atoms with E-state index in [2.05, 4.69) is 4.72 Å². The monoisotopic (exact) mass is 350 g/mol. The molecular weight excluding hydrogens is 332 g/mol. The zero-order chi connectivity index (χ0) is 17.7. The van der Waals surface area contributed by atoms with Crippen molar-refractivity contribution >= 4 is 15.7 Å². The number of nitro groups is 1. The first kappa shape index (κ1) is 17.9. The Hall–Kier alpha value is -2.45. The quantitative estimate of drug-likeness (QED) is 0.470. The third kappa shape index (κ3) is 4.30. The van der Waals surface area contributed by atoms with Gasteiger partial charge in [0.1, 0.15) is 12.4 Å². The van der Waals surface area contributed by atoms with Gasteiger partial charge in [-0.3, -0.25) is 10.1 Å². The Bertz CT molecular complexity index is 849. The van der Waals surface area contributed by atoms with Gasteiger partial charge in [0.05, 0.1) is 4.92 Å². The van der Waals surface area contributed by atoms with Gasteiger partial charge in [-0.25, -0.2) is 13.1 Å². The number of ether oxygens (including phenoxy) is 1. The molecule has 0 unspecified atom stereocenters. The standard InChI is InChI=1S/C16H18N2O5S/c1-12-5-3-7-14(11-12)23-10-9-17-24(21,22)16-13(2)6-4-8-15(16)18(19)20/h3-8,11,17H,9-10H2,1-2H3. The molecule has 2 rings (SSSR count). The van der Waals surface area contributed by atoms with E-state index in [1.807, 2.05) is 25.1 Å². The Kier molecular flexibility index (Phi) is 5.53. The highest BCUT2D eigenvalue weighted by molar-refractivity contribution is 7.89. The summed E-state index contributed by atoms with van der Waals surface area (Å²) in [6.07, 6.45) is 0. The van der Waals surface area contributed by atoms with Crippen LogP contribution in [-0.2, 0) is 10.0 Å². The smallest absolute Gasteiger partial charge is 0.289 e. The highest BCUT2D eigenvalue weighted by Crippen LogP contribution is 2.26. The van der Waals surface area contributed by atoms with Gasteiger partial charge in [0, 0.05) is 12.6 Å². The third-order valence-electron chi connectivity index (χ3n) is 3.31. The molecule has 0 radical (unpaired) electrons. The number of benzene rings is 2. The molecule has 0 heterocycles. The van der Waals surface area contributed by atoms with E-state index in [0.717, 1.165) is 5.56 Å². The van der Waals surface area contributed by atoms with Gasteiger partial charge < -0.3 is 4.74 Å². The number of aryl methyl sites for hydroxylation is 2. The fraction of sp³-hybridized carbons (Fsp3) is 0.250. The fourth-order valence-electron chi connectivity index (χ4n) is 2.25. The van der Waals surface area contributed by atoms with Crippen LogP contribution in [0, 0.1) is 24.0 Å². The summed E-state index contributed by atoms with van der Waals surface area (Å²) in [4.78, 5) is 10.0. The molecule has 1 N–H and O–H groups in total. The summed E-state index contributed by atoms with van der Waals surface area (Å²) in [5, 5.41) is 11.1. The highest BCUT2D eigenvalue weighted by Gasteiger charge is 2.27. The second-order valence-electron chi connectivity index (χ2n) is 5.24. The molecule has 0 saturated carbocycles. The lowest BCUT2D eigenvalue weighted by Crippen LogP contribution is -2.29. The van der Waals surface area contributed by atoms with Crippen LogP contribution in [0.1, 0.15) is 11.1 Å². The van der Waals surface area contributed by atoms with E-state index in [1.54, 1.807) is 6.07 Å².